The van der Waals surface area contributed by atoms with Crippen LogP contribution in [0.25, 0.3) is 0 Å². The zero-order valence-electron chi connectivity index (χ0n) is 9.49. The predicted molar refractivity (Wildman–Crippen MR) is 63.5 cm³/mol. The lowest BCUT2D eigenvalue weighted by molar-refractivity contribution is 0.272. The maximum Gasteiger partial charge on any atom is 0.466 e. The number of hydrogen-bond acceptors (Lipinski definition) is 4. The van der Waals surface area contributed by atoms with E-state index in [1.165, 1.54) is 0 Å². The Morgan fingerprint density at radius 1 is 1.11 bits per heavy atom. The number of imidazole rings is 1. The van der Waals surface area contributed by atoms with Crippen molar-refractivity contribution in [2.45, 2.75) is 6.42 Å². The molecular formula is C5H17N3O9P2. The predicted octanol–water partition coefficient (Wildman–Crippen LogP) is -2.77. The Morgan fingerprint density at radius 2 is 1.47 bits per heavy atom. The van der Waals surface area contributed by atoms with E-state index in [0.717, 1.165) is 12.1 Å². The van der Waals surface area contributed by atoms with Crippen molar-refractivity contribution in [2.24, 2.45) is 5.73 Å². The van der Waals surface area contributed by atoms with E-state index in [1.54, 1.807) is 6.33 Å². The number of aromatic nitrogens is 2. The number of hydrogen-bond donors (Lipinski definition) is 8. The SMILES string of the molecule is NCCc1c[nH]cn1.O.O=P(O)(O)O.O=P(O)(O)O. The van der Waals surface area contributed by atoms with Gasteiger partial charge in [0.15, 0.2) is 0 Å². The van der Waals surface area contributed by atoms with E-state index < -0.39 is 15.6 Å². The van der Waals surface area contributed by atoms with Gasteiger partial charge < -0.3 is 45.6 Å². The highest BCUT2D eigenvalue weighted by Crippen LogP contribution is 2.26. The van der Waals surface area contributed by atoms with E-state index in [1.807, 2.05) is 6.20 Å². The minimum Gasteiger partial charge on any atom is -0.412 e. The fraction of sp³-hybridized carbons (Fsp3) is 0.400. The van der Waals surface area contributed by atoms with Crippen molar-refractivity contribution in [2.75, 3.05) is 6.54 Å². The standard InChI is InChI=1S/C5H9N3.2H3O4P.H2O/c6-2-1-5-3-7-4-8-5;2*1-5(2,3)4;/h3-4H,1-2,6H2,(H,7,8);2*(H3,1,2,3,4);1H2. The van der Waals surface area contributed by atoms with Crippen LogP contribution in [0, 0.1) is 0 Å². The van der Waals surface area contributed by atoms with Crippen molar-refractivity contribution in [1.29, 1.82) is 0 Å². The van der Waals surface area contributed by atoms with Gasteiger partial charge in [0.1, 0.15) is 0 Å². The number of nitrogens with two attached hydrogens (primary N) is 1. The van der Waals surface area contributed by atoms with Gasteiger partial charge in [-0.3, -0.25) is 0 Å². The summed E-state index contributed by atoms with van der Waals surface area (Å²) < 4.78 is 17.8. The van der Waals surface area contributed by atoms with Gasteiger partial charge in [-0.2, -0.15) is 0 Å². The van der Waals surface area contributed by atoms with Crippen LogP contribution in [0.15, 0.2) is 12.5 Å². The Kier molecular flexibility index (Phi) is 13.8. The van der Waals surface area contributed by atoms with Crippen LogP contribution in [-0.4, -0.2) is 51.3 Å². The van der Waals surface area contributed by atoms with Crippen molar-refractivity contribution < 1.29 is 44.0 Å². The number of H-pyrrole nitrogens is 1. The van der Waals surface area contributed by atoms with Crippen molar-refractivity contribution in [1.82, 2.24) is 9.97 Å². The van der Waals surface area contributed by atoms with Gasteiger partial charge in [0.2, 0.25) is 0 Å². The van der Waals surface area contributed by atoms with Gasteiger partial charge in [-0.05, 0) is 6.54 Å². The van der Waals surface area contributed by atoms with Crippen LogP contribution in [0.1, 0.15) is 5.69 Å². The molecule has 1 rings (SSSR count). The number of phosphoric acid groups is 2. The fourth-order valence-corrected chi connectivity index (χ4v) is 0.576. The minimum absolute atomic E-state index is 0. The van der Waals surface area contributed by atoms with Crippen molar-refractivity contribution in [3.05, 3.63) is 18.2 Å². The van der Waals surface area contributed by atoms with Gasteiger partial charge >= 0.3 is 15.6 Å². The van der Waals surface area contributed by atoms with Crippen molar-refractivity contribution >= 4 is 15.6 Å². The average molecular weight is 325 g/mol. The Morgan fingerprint density at radius 3 is 1.68 bits per heavy atom. The van der Waals surface area contributed by atoms with E-state index in [9.17, 15) is 0 Å². The van der Waals surface area contributed by atoms with Crippen LogP contribution >= 0.6 is 15.6 Å². The van der Waals surface area contributed by atoms with E-state index in [2.05, 4.69) is 9.97 Å². The molecule has 0 saturated carbocycles. The second kappa shape index (κ2) is 11.2. The van der Waals surface area contributed by atoms with Gasteiger partial charge in [0, 0.05) is 12.6 Å². The molecule has 0 amide bonds. The molecule has 12 nitrogen and oxygen atoms in total. The summed E-state index contributed by atoms with van der Waals surface area (Å²) in [7, 11) is -9.28. The third-order valence-electron chi connectivity index (χ3n) is 0.955. The molecule has 116 valence electrons. The lowest BCUT2D eigenvalue weighted by Crippen LogP contribution is -2.02. The summed E-state index contributed by atoms with van der Waals surface area (Å²) in [4.78, 5) is 49.9. The first kappa shape index (κ1) is 23.4. The molecule has 0 aliphatic rings. The van der Waals surface area contributed by atoms with Crippen LogP contribution < -0.4 is 5.73 Å². The molecule has 0 saturated heterocycles. The quantitative estimate of drug-likeness (QED) is 0.260. The zero-order valence-corrected chi connectivity index (χ0v) is 11.3. The number of nitrogens with zero attached hydrogens (tertiary/aromatic N) is 1. The molecule has 1 aromatic heterocycles. The summed E-state index contributed by atoms with van der Waals surface area (Å²) in [6.45, 7) is 0.671. The lowest BCUT2D eigenvalue weighted by Gasteiger charge is -1.85. The van der Waals surface area contributed by atoms with Crippen LogP contribution in [0.3, 0.4) is 0 Å². The van der Waals surface area contributed by atoms with Gasteiger partial charge in [0.25, 0.3) is 0 Å². The molecule has 0 aliphatic heterocycles. The summed E-state index contributed by atoms with van der Waals surface area (Å²) in [5.74, 6) is 0. The van der Waals surface area contributed by atoms with Gasteiger partial charge in [-0.1, -0.05) is 0 Å². The molecule has 0 aromatic carbocycles. The molecule has 0 fully saturated rings. The molecule has 0 spiro atoms. The molecule has 19 heavy (non-hydrogen) atoms. The monoisotopic (exact) mass is 325 g/mol. The Labute approximate surface area is 107 Å². The second-order valence-corrected chi connectivity index (χ2v) is 4.68. The summed E-state index contributed by atoms with van der Waals surface area (Å²) in [5.41, 5.74) is 6.30. The van der Waals surface area contributed by atoms with Crippen LogP contribution in [0.4, 0.5) is 0 Å². The maximum absolute atomic E-state index is 8.88. The summed E-state index contributed by atoms with van der Waals surface area (Å²) >= 11 is 0. The minimum atomic E-state index is -4.64. The second-order valence-electron chi connectivity index (χ2n) is 2.63. The fourth-order valence-electron chi connectivity index (χ4n) is 0.576. The highest BCUT2D eigenvalue weighted by Gasteiger charge is 2.00. The first-order chi connectivity index (χ1) is 7.93. The molecule has 1 heterocycles. The molecule has 0 aliphatic carbocycles. The first-order valence-corrected chi connectivity index (χ1v) is 7.31. The largest absolute Gasteiger partial charge is 0.466 e. The maximum atomic E-state index is 8.88. The van der Waals surface area contributed by atoms with Crippen LogP contribution in [0.5, 0.6) is 0 Å². The first-order valence-electron chi connectivity index (χ1n) is 4.17. The van der Waals surface area contributed by atoms with E-state index in [0.29, 0.717) is 6.54 Å². The normalized spacial score (nSPS) is 10.3. The van der Waals surface area contributed by atoms with Crippen LogP contribution in [-0.2, 0) is 15.6 Å². The van der Waals surface area contributed by atoms with Gasteiger partial charge in [-0.15, -0.1) is 0 Å². The molecule has 14 heteroatoms. The third kappa shape index (κ3) is 46.8. The Bertz CT molecular complexity index is 348. The highest BCUT2D eigenvalue weighted by atomic mass is 31.2. The molecular weight excluding hydrogens is 308 g/mol. The van der Waals surface area contributed by atoms with E-state index in [4.69, 9.17) is 44.2 Å². The average Bonchev–Trinajstić information content (AvgIpc) is 2.50. The summed E-state index contributed by atoms with van der Waals surface area (Å²) in [6.07, 6.45) is 4.38. The summed E-state index contributed by atoms with van der Waals surface area (Å²) in [6, 6.07) is 0. The lowest BCUT2D eigenvalue weighted by atomic mass is 10.3. The van der Waals surface area contributed by atoms with Crippen molar-refractivity contribution in [3.63, 3.8) is 0 Å². The Balaban J connectivity index is -0.000000208. The molecule has 11 N–H and O–H groups in total. The molecule has 0 radical (unpaired) electrons. The summed E-state index contributed by atoms with van der Waals surface area (Å²) in [5, 5.41) is 0. The highest BCUT2D eigenvalue weighted by molar-refractivity contribution is 7.45. The van der Waals surface area contributed by atoms with Gasteiger partial charge in [0.05, 0.1) is 12.0 Å². The molecule has 1 aromatic rings. The molecule has 0 atom stereocenters. The molecule has 0 bridgehead atoms. The van der Waals surface area contributed by atoms with E-state index >= 15 is 0 Å². The topological polar surface area (TPSA) is 242 Å². The zero-order chi connectivity index (χ0) is 14.8. The third-order valence-corrected chi connectivity index (χ3v) is 0.955. The molecule has 0 unspecified atom stereocenters. The van der Waals surface area contributed by atoms with Gasteiger partial charge in [-0.25, -0.2) is 14.1 Å². The number of rotatable bonds is 2. The van der Waals surface area contributed by atoms with E-state index in [-0.39, 0.29) is 5.48 Å². The Hall–Kier alpha value is -0.650. The smallest absolute Gasteiger partial charge is 0.412 e. The number of aromatic amines is 1. The van der Waals surface area contributed by atoms with Crippen LogP contribution in [0.2, 0.25) is 0 Å². The van der Waals surface area contributed by atoms with Crippen molar-refractivity contribution in [3.8, 4) is 0 Å². The number of nitrogens with one attached hydrogen (secondary N) is 1.